The molecule has 0 radical (unpaired) electrons. The summed E-state index contributed by atoms with van der Waals surface area (Å²) in [6, 6.07) is 9.27. The van der Waals surface area contributed by atoms with E-state index in [1.807, 2.05) is 5.43 Å². The first-order chi connectivity index (χ1) is 15.3. The summed E-state index contributed by atoms with van der Waals surface area (Å²) < 4.78 is 50.4. The maximum absolute atomic E-state index is 14.8. The normalized spacial score (nSPS) is 11.4. The van der Waals surface area contributed by atoms with Crippen molar-refractivity contribution >= 4 is 22.5 Å². The maximum Gasteiger partial charge on any atom is 0.351 e. The van der Waals surface area contributed by atoms with Crippen LogP contribution < -0.4 is 15.6 Å². The van der Waals surface area contributed by atoms with Crippen LogP contribution in [0, 0.1) is 5.82 Å². The molecule has 0 aliphatic heterocycles. The molecule has 0 saturated heterocycles. The van der Waals surface area contributed by atoms with Gasteiger partial charge in [0.25, 0.3) is 0 Å². The molecule has 0 spiro atoms. The number of aromatic nitrogens is 3. The predicted octanol–water partition coefficient (Wildman–Crippen LogP) is 4.02. The summed E-state index contributed by atoms with van der Waals surface area (Å²) in [6.45, 7) is 0. The summed E-state index contributed by atoms with van der Waals surface area (Å²) in [7, 11) is 3.16. The highest BCUT2D eigenvalue weighted by Gasteiger charge is 2.41. The summed E-state index contributed by atoms with van der Waals surface area (Å²) in [4.78, 5) is 16.4. The van der Waals surface area contributed by atoms with E-state index in [4.69, 9.17) is 4.74 Å². The van der Waals surface area contributed by atoms with Crippen LogP contribution in [-0.4, -0.2) is 27.8 Å². The summed E-state index contributed by atoms with van der Waals surface area (Å²) in [5.41, 5.74) is 5.21. The third kappa shape index (κ3) is 4.07. The van der Waals surface area contributed by atoms with Crippen molar-refractivity contribution in [3.63, 3.8) is 0 Å². The Labute approximate surface area is 180 Å². The first kappa shape index (κ1) is 21.2. The van der Waals surface area contributed by atoms with Gasteiger partial charge in [0.15, 0.2) is 0 Å². The Balaban J connectivity index is 1.54. The lowest BCUT2D eigenvalue weighted by Crippen LogP contribution is -2.41. The SMILES string of the molecule is COc1cnc2ccc(C(F)(F)C(=O)NNc3cc(-c4cnn(C)c4)ccc3F)cc2c1. The second-order valence-electron chi connectivity index (χ2n) is 7.03. The lowest BCUT2D eigenvalue weighted by molar-refractivity contribution is -0.146. The molecule has 10 heteroatoms. The topological polar surface area (TPSA) is 81.1 Å². The van der Waals surface area contributed by atoms with Gasteiger partial charge in [0, 0.05) is 29.8 Å². The number of fused-ring (bicyclic) bond motifs is 1. The number of halogens is 3. The molecule has 0 fully saturated rings. The summed E-state index contributed by atoms with van der Waals surface area (Å²) in [6.07, 6.45) is 4.76. The van der Waals surface area contributed by atoms with Crippen molar-refractivity contribution in [3.8, 4) is 16.9 Å². The molecule has 2 heterocycles. The molecule has 1 amide bonds. The standard InChI is InChI=1S/C22H18F3N5O2/c1-30-12-15(10-27-30)13-3-5-18(23)20(9-13)28-29-21(31)22(24,25)16-4-6-19-14(7-16)8-17(32-2)11-26-19/h3-12,28H,1-2H3,(H,29,31). The Morgan fingerprint density at radius 1 is 1.09 bits per heavy atom. The van der Waals surface area contributed by atoms with Gasteiger partial charge >= 0.3 is 11.8 Å². The number of amides is 1. The van der Waals surface area contributed by atoms with Crippen LogP contribution in [0.4, 0.5) is 18.9 Å². The number of nitrogens with zero attached hydrogens (tertiary/aromatic N) is 3. The van der Waals surface area contributed by atoms with Crippen molar-refractivity contribution in [1.82, 2.24) is 20.2 Å². The fourth-order valence-electron chi connectivity index (χ4n) is 3.12. The van der Waals surface area contributed by atoms with Crippen LogP contribution in [0.1, 0.15) is 5.56 Å². The molecule has 0 aliphatic carbocycles. The molecule has 0 aliphatic rings. The van der Waals surface area contributed by atoms with Crippen LogP contribution in [0.25, 0.3) is 22.0 Å². The molecular weight excluding hydrogens is 423 g/mol. The summed E-state index contributed by atoms with van der Waals surface area (Å²) in [5.74, 6) is -5.85. The number of benzene rings is 2. The molecule has 0 bridgehead atoms. The molecule has 32 heavy (non-hydrogen) atoms. The average molecular weight is 441 g/mol. The number of anilines is 1. The molecule has 0 unspecified atom stereocenters. The van der Waals surface area contributed by atoms with E-state index in [0.29, 0.717) is 27.8 Å². The number of alkyl halides is 2. The zero-order valence-corrected chi connectivity index (χ0v) is 17.1. The van der Waals surface area contributed by atoms with Gasteiger partial charge in [-0.05, 0) is 35.9 Å². The second-order valence-corrected chi connectivity index (χ2v) is 7.03. The fraction of sp³-hybridized carbons (Fsp3) is 0.136. The van der Waals surface area contributed by atoms with Crippen molar-refractivity contribution in [2.75, 3.05) is 12.5 Å². The van der Waals surface area contributed by atoms with E-state index in [2.05, 4.69) is 15.5 Å². The zero-order valence-electron chi connectivity index (χ0n) is 17.1. The molecule has 0 saturated carbocycles. The Morgan fingerprint density at radius 3 is 2.62 bits per heavy atom. The van der Waals surface area contributed by atoms with Gasteiger partial charge in [-0.25, -0.2) is 4.39 Å². The number of nitrogens with one attached hydrogen (secondary N) is 2. The number of aryl methyl sites for hydroxylation is 1. The number of rotatable bonds is 6. The number of hydrogen-bond acceptors (Lipinski definition) is 5. The Morgan fingerprint density at radius 2 is 1.91 bits per heavy atom. The summed E-state index contributed by atoms with van der Waals surface area (Å²) in [5, 5.41) is 4.43. The molecule has 7 nitrogen and oxygen atoms in total. The highest BCUT2D eigenvalue weighted by molar-refractivity contribution is 5.88. The monoisotopic (exact) mass is 441 g/mol. The van der Waals surface area contributed by atoms with Crippen LogP contribution in [0.3, 0.4) is 0 Å². The van der Waals surface area contributed by atoms with Crippen LogP contribution >= 0.6 is 0 Å². The average Bonchev–Trinajstić information content (AvgIpc) is 3.23. The van der Waals surface area contributed by atoms with Gasteiger partial charge in [0.2, 0.25) is 0 Å². The molecule has 0 atom stereocenters. The molecule has 2 aromatic heterocycles. The van der Waals surface area contributed by atoms with Gasteiger partial charge in [0.05, 0.1) is 30.7 Å². The quantitative estimate of drug-likeness (QED) is 0.442. The van der Waals surface area contributed by atoms with Crippen molar-refractivity contribution in [2.45, 2.75) is 5.92 Å². The van der Waals surface area contributed by atoms with E-state index in [1.54, 1.807) is 24.1 Å². The van der Waals surface area contributed by atoms with Crippen molar-refractivity contribution < 1.29 is 22.7 Å². The molecule has 164 valence electrons. The number of carbonyl (C=O) groups is 1. The van der Waals surface area contributed by atoms with Gasteiger partial charge in [-0.1, -0.05) is 12.1 Å². The highest BCUT2D eigenvalue weighted by atomic mass is 19.3. The van der Waals surface area contributed by atoms with E-state index < -0.39 is 23.2 Å². The lowest BCUT2D eigenvalue weighted by Gasteiger charge is -2.18. The van der Waals surface area contributed by atoms with Gasteiger partial charge in [-0.3, -0.25) is 25.3 Å². The maximum atomic E-state index is 14.8. The predicted molar refractivity (Wildman–Crippen MR) is 113 cm³/mol. The first-order valence-corrected chi connectivity index (χ1v) is 9.45. The zero-order chi connectivity index (χ0) is 22.9. The van der Waals surface area contributed by atoms with E-state index in [-0.39, 0.29) is 5.69 Å². The van der Waals surface area contributed by atoms with Crippen LogP contribution in [-0.2, 0) is 17.8 Å². The van der Waals surface area contributed by atoms with E-state index >= 15 is 0 Å². The molecule has 4 rings (SSSR count). The van der Waals surface area contributed by atoms with E-state index in [0.717, 1.165) is 12.1 Å². The smallest absolute Gasteiger partial charge is 0.351 e. The van der Waals surface area contributed by atoms with Gasteiger partial charge in [-0.2, -0.15) is 13.9 Å². The number of hydrazine groups is 1. The Kier molecular flexibility index (Phi) is 5.43. The van der Waals surface area contributed by atoms with Crippen molar-refractivity contribution in [1.29, 1.82) is 0 Å². The highest BCUT2D eigenvalue weighted by Crippen LogP contribution is 2.31. The largest absolute Gasteiger partial charge is 0.495 e. The molecule has 2 N–H and O–H groups in total. The van der Waals surface area contributed by atoms with E-state index in [1.165, 1.54) is 43.6 Å². The molecular formula is C22H18F3N5O2. The molecule has 4 aromatic rings. The van der Waals surface area contributed by atoms with Crippen LogP contribution in [0.5, 0.6) is 5.75 Å². The first-order valence-electron chi connectivity index (χ1n) is 9.45. The Bertz CT molecular complexity index is 1310. The van der Waals surface area contributed by atoms with Crippen LogP contribution in [0.2, 0.25) is 0 Å². The van der Waals surface area contributed by atoms with Crippen molar-refractivity contribution in [2.24, 2.45) is 7.05 Å². The minimum Gasteiger partial charge on any atom is -0.495 e. The third-order valence-electron chi connectivity index (χ3n) is 4.85. The van der Waals surface area contributed by atoms with Crippen LogP contribution in [0.15, 0.2) is 61.1 Å². The molecule has 2 aromatic carbocycles. The number of hydrogen-bond donors (Lipinski definition) is 2. The fourth-order valence-corrected chi connectivity index (χ4v) is 3.12. The second kappa shape index (κ2) is 8.22. The lowest BCUT2D eigenvalue weighted by atomic mass is 10.0. The number of ether oxygens (including phenoxy) is 1. The van der Waals surface area contributed by atoms with Crippen molar-refractivity contribution in [3.05, 3.63) is 72.4 Å². The minimum absolute atomic E-state index is 0.164. The van der Waals surface area contributed by atoms with Gasteiger partial charge < -0.3 is 4.74 Å². The minimum atomic E-state index is -3.89. The van der Waals surface area contributed by atoms with Gasteiger partial charge in [0.1, 0.15) is 11.6 Å². The summed E-state index contributed by atoms with van der Waals surface area (Å²) >= 11 is 0. The third-order valence-corrected chi connectivity index (χ3v) is 4.85. The Hall–Kier alpha value is -4.08. The van der Waals surface area contributed by atoms with Gasteiger partial charge in [-0.15, -0.1) is 0 Å². The number of pyridine rings is 1. The number of methoxy groups -OCH3 is 1. The van der Waals surface area contributed by atoms with E-state index in [9.17, 15) is 18.0 Å². The number of carbonyl (C=O) groups excluding carboxylic acids is 1.